The molecule has 2 aliphatic rings. The highest BCUT2D eigenvalue weighted by molar-refractivity contribution is 6.58. The standard InChI is InChI=1S/C27H41F5OSi/c1-2-17-34-18-15-24(16-19-34)23-11-7-21(8-12-23)5-3-4-6-22-9-13-25(14-10-22)33-20-26(28,29)27(30,31)32/h9-10,13-14,21,23-24,34H,2-8,11-12,15-20H2,1H3/t21-,23-,24?,34?. The summed E-state index contributed by atoms with van der Waals surface area (Å²) in [5.41, 5.74) is 1.06. The van der Waals surface area contributed by atoms with E-state index in [1.807, 2.05) is 0 Å². The number of hydrogen-bond acceptors (Lipinski definition) is 1. The summed E-state index contributed by atoms with van der Waals surface area (Å²) in [6.45, 7) is 0.642. The van der Waals surface area contributed by atoms with Crippen molar-refractivity contribution in [3.05, 3.63) is 29.8 Å². The fraction of sp³-hybridized carbons (Fsp3) is 0.778. The van der Waals surface area contributed by atoms with E-state index in [1.165, 1.54) is 69.9 Å². The predicted octanol–water partition coefficient (Wildman–Crippen LogP) is 8.83. The molecule has 194 valence electrons. The van der Waals surface area contributed by atoms with E-state index in [2.05, 4.69) is 11.7 Å². The summed E-state index contributed by atoms with van der Waals surface area (Å²) < 4.78 is 67.2. The van der Waals surface area contributed by atoms with Crippen molar-refractivity contribution in [2.24, 2.45) is 17.8 Å². The maximum absolute atomic E-state index is 13.0. The van der Waals surface area contributed by atoms with Crippen LogP contribution in [-0.4, -0.2) is 27.5 Å². The summed E-state index contributed by atoms with van der Waals surface area (Å²) in [4.78, 5) is 0. The lowest BCUT2D eigenvalue weighted by Gasteiger charge is -2.37. The molecule has 1 aliphatic heterocycles. The minimum absolute atomic E-state index is 0.0330. The number of unbranched alkanes of at least 4 members (excludes halogenated alkanes) is 1. The molecule has 0 radical (unpaired) electrons. The van der Waals surface area contributed by atoms with Crippen molar-refractivity contribution in [2.45, 2.75) is 108 Å². The van der Waals surface area contributed by atoms with Crippen molar-refractivity contribution >= 4 is 8.80 Å². The van der Waals surface area contributed by atoms with E-state index in [1.54, 1.807) is 30.3 Å². The zero-order valence-corrected chi connectivity index (χ0v) is 21.7. The highest BCUT2D eigenvalue weighted by Gasteiger charge is 2.58. The first kappa shape index (κ1) is 27.5. The molecule has 0 bridgehead atoms. The quantitative estimate of drug-likeness (QED) is 0.166. The fourth-order valence-electron chi connectivity index (χ4n) is 6.08. The number of aryl methyl sites for hydroxylation is 1. The first-order valence-corrected chi connectivity index (χ1v) is 15.8. The maximum Gasteiger partial charge on any atom is 0.456 e. The lowest BCUT2D eigenvalue weighted by molar-refractivity contribution is -0.290. The van der Waals surface area contributed by atoms with Gasteiger partial charge in [-0.3, -0.25) is 0 Å². The molecule has 1 aliphatic carbocycles. The highest BCUT2D eigenvalue weighted by Crippen LogP contribution is 2.42. The Morgan fingerprint density at radius 3 is 2.06 bits per heavy atom. The normalized spacial score (nSPS) is 26.4. The van der Waals surface area contributed by atoms with Crippen LogP contribution in [0.1, 0.15) is 76.7 Å². The molecule has 0 spiro atoms. The smallest absolute Gasteiger partial charge is 0.456 e. The Balaban J connectivity index is 1.28. The van der Waals surface area contributed by atoms with Crippen LogP contribution in [0.5, 0.6) is 5.75 Å². The van der Waals surface area contributed by atoms with Crippen molar-refractivity contribution in [2.75, 3.05) is 6.61 Å². The third-order valence-electron chi connectivity index (χ3n) is 8.23. The molecular weight excluding hydrogens is 463 g/mol. The van der Waals surface area contributed by atoms with Crippen LogP contribution in [0.25, 0.3) is 0 Å². The van der Waals surface area contributed by atoms with Gasteiger partial charge in [0, 0.05) is 8.80 Å². The zero-order chi connectivity index (χ0) is 24.6. The number of hydrogen-bond donors (Lipinski definition) is 0. The largest absolute Gasteiger partial charge is 0.487 e. The van der Waals surface area contributed by atoms with Crippen molar-refractivity contribution in [1.29, 1.82) is 0 Å². The average molecular weight is 505 g/mol. The van der Waals surface area contributed by atoms with Gasteiger partial charge >= 0.3 is 12.1 Å². The van der Waals surface area contributed by atoms with Crippen molar-refractivity contribution in [3.8, 4) is 5.75 Å². The van der Waals surface area contributed by atoms with Gasteiger partial charge in [-0.2, -0.15) is 22.0 Å². The zero-order valence-electron chi connectivity index (χ0n) is 20.5. The van der Waals surface area contributed by atoms with Gasteiger partial charge in [-0.05, 0) is 61.1 Å². The number of ether oxygens (including phenoxy) is 1. The number of alkyl halides is 5. The van der Waals surface area contributed by atoms with Crippen molar-refractivity contribution < 1.29 is 26.7 Å². The van der Waals surface area contributed by atoms with Crippen LogP contribution < -0.4 is 4.74 Å². The molecule has 2 fully saturated rings. The van der Waals surface area contributed by atoms with Gasteiger partial charge in [0.25, 0.3) is 0 Å². The maximum atomic E-state index is 13.0. The minimum atomic E-state index is -5.60. The van der Waals surface area contributed by atoms with E-state index in [9.17, 15) is 22.0 Å². The molecular formula is C27H41F5OSi. The molecule has 1 saturated carbocycles. The van der Waals surface area contributed by atoms with Crippen LogP contribution in [0.15, 0.2) is 24.3 Å². The average Bonchev–Trinajstić information content (AvgIpc) is 2.82. The molecule has 0 unspecified atom stereocenters. The van der Waals surface area contributed by atoms with Gasteiger partial charge in [0.1, 0.15) is 5.75 Å². The fourth-order valence-corrected chi connectivity index (χ4v) is 9.56. The Hall–Kier alpha value is -1.11. The molecule has 1 aromatic rings. The van der Waals surface area contributed by atoms with E-state index < -0.39 is 18.7 Å². The third kappa shape index (κ3) is 8.23. The van der Waals surface area contributed by atoms with Gasteiger partial charge in [0.05, 0.1) is 0 Å². The summed E-state index contributed by atoms with van der Waals surface area (Å²) in [6.07, 6.45) is 8.83. The number of rotatable bonds is 11. The third-order valence-corrected chi connectivity index (χ3v) is 11.9. The lowest BCUT2D eigenvalue weighted by Crippen LogP contribution is -2.41. The molecule has 3 rings (SSSR count). The molecule has 0 aromatic heterocycles. The van der Waals surface area contributed by atoms with Gasteiger partial charge in [-0.1, -0.05) is 82.1 Å². The molecule has 34 heavy (non-hydrogen) atoms. The molecule has 7 heteroatoms. The first-order chi connectivity index (χ1) is 16.2. The van der Waals surface area contributed by atoms with Crippen LogP contribution in [-0.2, 0) is 6.42 Å². The summed E-state index contributed by atoms with van der Waals surface area (Å²) in [5.74, 6) is -1.97. The minimum Gasteiger partial charge on any atom is -0.487 e. The van der Waals surface area contributed by atoms with Gasteiger partial charge in [-0.25, -0.2) is 0 Å². The van der Waals surface area contributed by atoms with Crippen LogP contribution in [0.3, 0.4) is 0 Å². The SMILES string of the molecule is CCC[SiH]1CCC([C@H]2CC[C@H](CCCCc3ccc(OCC(F)(F)C(F)(F)F)cc3)CC2)CC1. The summed E-state index contributed by atoms with van der Waals surface area (Å²) in [7, 11) is -0.375. The van der Waals surface area contributed by atoms with Gasteiger partial charge < -0.3 is 4.74 Å². The molecule has 0 atom stereocenters. The number of benzene rings is 1. The Kier molecular flexibility index (Phi) is 10.3. The Morgan fingerprint density at radius 2 is 1.47 bits per heavy atom. The first-order valence-electron chi connectivity index (χ1n) is 13.3. The van der Waals surface area contributed by atoms with Crippen LogP contribution in [0.2, 0.25) is 18.1 Å². The summed E-state index contributed by atoms with van der Waals surface area (Å²) in [6, 6.07) is 11.2. The van der Waals surface area contributed by atoms with Crippen LogP contribution >= 0.6 is 0 Å². The number of halogens is 5. The van der Waals surface area contributed by atoms with Crippen molar-refractivity contribution in [1.82, 2.24) is 0 Å². The molecule has 0 N–H and O–H groups in total. The monoisotopic (exact) mass is 504 g/mol. The molecule has 0 amide bonds. The van der Waals surface area contributed by atoms with E-state index in [4.69, 9.17) is 0 Å². The summed E-state index contributed by atoms with van der Waals surface area (Å²) in [5, 5.41) is 0. The lowest BCUT2D eigenvalue weighted by atomic mass is 9.73. The molecule has 1 heterocycles. The van der Waals surface area contributed by atoms with Gasteiger partial charge in [-0.15, -0.1) is 0 Å². The Morgan fingerprint density at radius 1 is 0.853 bits per heavy atom. The second kappa shape index (κ2) is 12.7. The van der Waals surface area contributed by atoms with Crippen molar-refractivity contribution in [3.63, 3.8) is 0 Å². The molecule has 1 aromatic carbocycles. The van der Waals surface area contributed by atoms with E-state index in [-0.39, 0.29) is 14.5 Å². The second-order valence-corrected chi connectivity index (χ2v) is 14.2. The van der Waals surface area contributed by atoms with Gasteiger partial charge in [0.2, 0.25) is 0 Å². The predicted molar refractivity (Wildman–Crippen MR) is 131 cm³/mol. The highest BCUT2D eigenvalue weighted by atomic mass is 28.3. The van der Waals surface area contributed by atoms with Crippen LogP contribution in [0.4, 0.5) is 22.0 Å². The van der Waals surface area contributed by atoms with Crippen LogP contribution in [0, 0.1) is 17.8 Å². The molecule has 1 nitrogen and oxygen atoms in total. The van der Waals surface area contributed by atoms with E-state index in [0.29, 0.717) is 0 Å². The van der Waals surface area contributed by atoms with Gasteiger partial charge in [0.15, 0.2) is 6.61 Å². The summed E-state index contributed by atoms with van der Waals surface area (Å²) >= 11 is 0. The Bertz CT molecular complexity index is 705. The second-order valence-electron chi connectivity index (χ2n) is 10.7. The van der Waals surface area contributed by atoms with E-state index >= 15 is 0 Å². The topological polar surface area (TPSA) is 9.23 Å². The molecule has 1 saturated heterocycles. The van der Waals surface area contributed by atoms with E-state index in [0.717, 1.165) is 36.2 Å². The Labute approximate surface area is 203 Å².